The third-order valence-electron chi connectivity index (χ3n) is 6.43. The van der Waals surface area contributed by atoms with Crippen molar-refractivity contribution in [1.82, 2.24) is 15.0 Å². The smallest absolute Gasteiger partial charge is 0.197 e. The molecule has 0 unspecified atom stereocenters. The fraction of sp³-hybridized carbons (Fsp3) is 0.440. The van der Waals surface area contributed by atoms with Crippen molar-refractivity contribution in [3.63, 3.8) is 0 Å². The van der Waals surface area contributed by atoms with Crippen LogP contribution in [0.25, 0.3) is 0 Å². The van der Waals surface area contributed by atoms with E-state index in [0.29, 0.717) is 42.6 Å². The SMILES string of the molecule is Cc1nc(N)c(C(=NC[C@@H]2CCO[C@@H](c3cnc(C4CC4)o3)C2)c2ccc(F)cc2F)nc1C. The number of hydrogen-bond donors (Lipinski definition) is 1. The lowest BCUT2D eigenvalue weighted by Crippen LogP contribution is -2.23. The van der Waals surface area contributed by atoms with Crippen molar-refractivity contribution in [3.05, 3.63) is 70.3 Å². The maximum absolute atomic E-state index is 14.8. The van der Waals surface area contributed by atoms with Gasteiger partial charge in [-0.3, -0.25) is 4.99 Å². The first-order valence-corrected chi connectivity index (χ1v) is 11.6. The van der Waals surface area contributed by atoms with Gasteiger partial charge in [-0.05, 0) is 57.6 Å². The van der Waals surface area contributed by atoms with E-state index in [1.807, 2.05) is 0 Å². The second kappa shape index (κ2) is 9.21. The maximum atomic E-state index is 14.8. The van der Waals surface area contributed by atoms with Gasteiger partial charge in [0.25, 0.3) is 0 Å². The normalized spacial score (nSPS) is 21.1. The molecular formula is C25H27F2N5O2. The Labute approximate surface area is 196 Å². The molecular weight excluding hydrogens is 440 g/mol. The molecule has 0 radical (unpaired) electrons. The Kier molecular flexibility index (Phi) is 6.12. The number of nitrogens with two attached hydrogens (primary N) is 1. The number of aryl methyl sites for hydroxylation is 2. The molecule has 0 spiro atoms. The molecule has 3 heterocycles. The van der Waals surface area contributed by atoms with Crippen molar-refractivity contribution in [2.24, 2.45) is 10.9 Å². The zero-order chi connectivity index (χ0) is 23.8. The molecule has 1 saturated carbocycles. The molecule has 2 fully saturated rings. The molecule has 2 aliphatic rings. The second-order valence-corrected chi connectivity index (χ2v) is 9.07. The quantitative estimate of drug-likeness (QED) is 0.522. The lowest BCUT2D eigenvalue weighted by molar-refractivity contribution is -0.0205. The summed E-state index contributed by atoms with van der Waals surface area (Å²) in [6.07, 6.45) is 5.32. The summed E-state index contributed by atoms with van der Waals surface area (Å²) in [6.45, 7) is 4.58. The highest BCUT2D eigenvalue weighted by Gasteiger charge is 2.32. The molecule has 0 bridgehead atoms. The summed E-state index contributed by atoms with van der Waals surface area (Å²) in [7, 11) is 0. The first-order chi connectivity index (χ1) is 16.4. The van der Waals surface area contributed by atoms with E-state index in [9.17, 15) is 8.78 Å². The van der Waals surface area contributed by atoms with Crippen LogP contribution in [0.4, 0.5) is 14.6 Å². The Bertz CT molecular complexity index is 1240. The van der Waals surface area contributed by atoms with Crippen LogP contribution in [0.1, 0.15) is 72.0 Å². The number of nitrogen functional groups attached to an aromatic ring is 1. The van der Waals surface area contributed by atoms with Crippen LogP contribution in [0.3, 0.4) is 0 Å². The predicted molar refractivity (Wildman–Crippen MR) is 123 cm³/mol. The summed E-state index contributed by atoms with van der Waals surface area (Å²) < 4.78 is 40.2. The summed E-state index contributed by atoms with van der Waals surface area (Å²) in [6, 6.07) is 3.40. The third kappa shape index (κ3) is 4.70. The van der Waals surface area contributed by atoms with E-state index in [-0.39, 0.29) is 29.1 Å². The summed E-state index contributed by atoms with van der Waals surface area (Å²) in [5.41, 5.74) is 8.21. The van der Waals surface area contributed by atoms with Gasteiger partial charge in [0, 0.05) is 30.7 Å². The largest absolute Gasteiger partial charge is 0.443 e. The number of nitrogens with zero attached hydrogens (tertiary/aromatic N) is 4. The average Bonchev–Trinajstić information content (AvgIpc) is 3.54. The lowest BCUT2D eigenvalue weighted by atomic mass is 9.94. The van der Waals surface area contributed by atoms with E-state index in [2.05, 4.69) is 15.0 Å². The van der Waals surface area contributed by atoms with Gasteiger partial charge >= 0.3 is 0 Å². The molecule has 7 nitrogen and oxygen atoms in total. The van der Waals surface area contributed by atoms with E-state index in [1.165, 1.54) is 12.1 Å². The minimum absolute atomic E-state index is 0.138. The highest BCUT2D eigenvalue weighted by molar-refractivity contribution is 6.14. The fourth-order valence-electron chi connectivity index (χ4n) is 4.18. The Morgan fingerprint density at radius 2 is 1.94 bits per heavy atom. The molecule has 2 atom stereocenters. The molecule has 34 heavy (non-hydrogen) atoms. The molecule has 9 heteroatoms. The average molecular weight is 468 g/mol. The van der Waals surface area contributed by atoms with Gasteiger partial charge in [-0.2, -0.15) is 0 Å². The van der Waals surface area contributed by atoms with Gasteiger partial charge < -0.3 is 14.9 Å². The van der Waals surface area contributed by atoms with Gasteiger partial charge in [0.05, 0.1) is 23.3 Å². The highest BCUT2D eigenvalue weighted by atomic mass is 19.1. The predicted octanol–water partition coefficient (Wildman–Crippen LogP) is 4.82. The summed E-state index contributed by atoms with van der Waals surface area (Å²) in [4.78, 5) is 18.0. The zero-order valence-corrected chi connectivity index (χ0v) is 19.2. The molecule has 1 saturated heterocycles. The molecule has 5 rings (SSSR count). The minimum atomic E-state index is -0.725. The van der Waals surface area contributed by atoms with Crippen LogP contribution in [0.2, 0.25) is 0 Å². The van der Waals surface area contributed by atoms with Crippen molar-refractivity contribution < 1.29 is 17.9 Å². The number of aromatic nitrogens is 3. The fourth-order valence-corrected chi connectivity index (χ4v) is 4.18. The van der Waals surface area contributed by atoms with E-state index < -0.39 is 11.6 Å². The van der Waals surface area contributed by atoms with Gasteiger partial charge in [0.15, 0.2) is 17.5 Å². The van der Waals surface area contributed by atoms with Crippen LogP contribution in [-0.2, 0) is 4.74 Å². The highest BCUT2D eigenvalue weighted by Crippen LogP contribution is 2.41. The van der Waals surface area contributed by atoms with Crippen molar-refractivity contribution >= 4 is 11.5 Å². The molecule has 1 aliphatic carbocycles. The summed E-state index contributed by atoms with van der Waals surface area (Å²) in [5.74, 6) is 0.913. The van der Waals surface area contributed by atoms with Gasteiger partial charge in [-0.15, -0.1) is 0 Å². The third-order valence-corrected chi connectivity index (χ3v) is 6.43. The van der Waals surface area contributed by atoms with Crippen LogP contribution >= 0.6 is 0 Å². The van der Waals surface area contributed by atoms with Gasteiger partial charge in [-0.25, -0.2) is 23.7 Å². The van der Waals surface area contributed by atoms with E-state index in [4.69, 9.17) is 19.9 Å². The van der Waals surface area contributed by atoms with Crippen molar-refractivity contribution in [2.75, 3.05) is 18.9 Å². The summed E-state index contributed by atoms with van der Waals surface area (Å²) in [5, 5.41) is 0. The zero-order valence-electron chi connectivity index (χ0n) is 19.2. The summed E-state index contributed by atoms with van der Waals surface area (Å²) >= 11 is 0. The number of anilines is 1. The molecule has 2 N–H and O–H groups in total. The minimum Gasteiger partial charge on any atom is -0.443 e. The lowest BCUT2D eigenvalue weighted by Gasteiger charge is -2.27. The van der Waals surface area contributed by atoms with Crippen LogP contribution < -0.4 is 5.73 Å². The Morgan fingerprint density at radius 3 is 2.71 bits per heavy atom. The molecule has 2 aromatic heterocycles. The van der Waals surface area contributed by atoms with Gasteiger partial charge in [0.2, 0.25) is 0 Å². The van der Waals surface area contributed by atoms with Gasteiger partial charge in [-0.1, -0.05) is 0 Å². The first kappa shape index (κ1) is 22.6. The van der Waals surface area contributed by atoms with Crippen LogP contribution in [0, 0.1) is 31.4 Å². The van der Waals surface area contributed by atoms with E-state index in [1.54, 1.807) is 20.0 Å². The molecule has 3 aromatic rings. The number of halogens is 2. The van der Waals surface area contributed by atoms with Crippen molar-refractivity contribution in [2.45, 2.75) is 51.6 Å². The number of benzene rings is 1. The standard InChI is InChI=1S/C25H27F2N5O2/c1-13-14(2)32-24(28)23(31-13)22(18-6-5-17(26)10-19(18)27)29-11-15-7-8-33-20(9-15)21-12-30-25(34-21)16-3-4-16/h5-6,10,12,15-16,20H,3-4,7-9,11H2,1-2H3,(H2,28,32)/t15-,20-/m1/s1. The first-order valence-electron chi connectivity index (χ1n) is 11.6. The number of hydrogen-bond acceptors (Lipinski definition) is 7. The molecule has 178 valence electrons. The second-order valence-electron chi connectivity index (χ2n) is 9.07. The van der Waals surface area contributed by atoms with E-state index in [0.717, 1.165) is 37.0 Å². The van der Waals surface area contributed by atoms with Crippen LogP contribution in [-0.4, -0.2) is 33.8 Å². The molecule has 1 aromatic carbocycles. The number of rotatable bonds is 6. The van der Waals surface area contributed by atoms with Crippen molar-refractivity contribution in [1.29, 1.82) is 0 Å². The Morgan fingerprint density at radius 1 is 1.15 bits per heavy atom. The number of aliphatic imine (C=N–C) groups is 1. The molecule has 1 aliphatic heterocycles. The van der Waals surface area contributed by atoms with Gasteiger partial charge in [0.1, 0.15) is 23.4 Å². The number of oxazole rings is 1. The van der Waals surface area contributed by atoms with E-state index >= 15 is 0 Å². The van der Waals surface area contributed by atoms with Crippen molar-refractivity contribution in [3.8, 4) is 0 Å². The number of ether oxygens (including phenoxy) is 1. The van der Waals surface area contributed by atoms with Crippen LogP contribution in [0.15, 0.2) is 33.8 Å². The monoisotopic (exact) mass is 467 g/mol. The van der Waals surface area contributed by atoms with Crippen LogP contribution in [0.5, 0.6) is 0 Å². The maximum Gasteiger partial charge on any atom is 0.197 e. The molecule has 0 amide bonds. The Balaban J connectivity index is 1.42. The Hall–Kier alpha value is -3.20. The topological polar surface area (TPSA) is 99.4 Å².